The average Bonchev–Trinajstić information content (AvgIpc) is 2.84. The second-order valence-electron chi connectivity index (χ2n) is 6.12. The Morgan fingerprint density at radius 1 is 0.594 bits per heavy atom. The molecule has 2 aromatic rings. The zero-order chi connectivity index (χ0) is 23.3. The zero-order valence-electron chi connectivity index (χ0n) is 18.4. The van der Waals surface area contributed by atoms with Crippen molar-refractivity contribution in [1.29, 1.82) is 0 Å². The van der Waals surface area contributed by atoms with Gasteiger partial charge in [-0.2, -0.15) is 0 Å². The van der Waals surface area contributed by atoms with Crippen LogP contribution in [-0.4, -0.2) is 65.1 Å². The predicted octanol–water partition coefficient (Wildman–Crippen LogP) is 4.12. The third-order valence-corrected chi connectivity index (χ3v) is 6.39. The van der Waals surface area contributed by atoms with Gasteiger partial charge in [0.15, 0.2) is 0 Å². The molecule has 0 aromatic heterocycles. The van der Waals surface area contributed by atoms with Crippen LogP contribution < -0.4 is 18.9 Å². The van der Waals surface area contributed by atoms with Crippen molar-refractivity contribution in [2.45, 2.75) is 0 Å². The summed E-state index contributed by atoms with van der Waals surface area (Å²) in [6.07, 6.45) is 0. The lowest BCUT2D eigenvalue weighted by atomic mass is 10.2. The molecule has 0 heterocycles. The Kier molecular flexibility index (Phi) is 10.9. The van der Waals surface area contributed by atoms with Gasteiger partial charge < -0.3 is 28.4 Å². The first-order chi connectivity index (χ1) is 15.5. The zero-order valence-corrected chi connectivity index (χ0v) is 20.0. The van der Waals surface area contributed by atoms with Crippen molar-refractivity contribution < 1.29 is 38.0 Å². The summed E-state index contributed by atoms with van der Waals surface area (Å²) in [5, 5.41) is 0. The van der Waals surface area contributed by atoms with Crippen LogP contribution in [0.2, 0.25) is 0 Å². The van der Waals surface area contributed by atoms with Gasteiger partial charge in [0, 0.05) is 23.6 Å². The largest absolute Gasteiger partial charge is 0.497 e. The van der Waals surface area contributed by atoms with E-state index in [2.05, 4.69) is 0 Å². The van der Waals surface area contributed by atoms with Crippen molar-refractivity contribution in [3.63, 3.8) is 0 Å². The molecule has 0 aliphatic carbocycles. The van der Waals surface area contributed by atoms with Crippen molar-refractivity contribution in [3.8, 4) is 23.0 Å². The molecule has 0 unspecified atom stereocenters. The Balaban J connectivity index is 1.65. The minimum absolute atomic E-state index is 0.249. The van der Waals surface area contributed by atoms with Gasteiger partial charge in [0.2, 0.25) is 0 Å². The summed E-state index contributed by atoms with van der Waals surface area (Å²) in [7, 11) is 9.11. The minimum atomic E-state index is -0.449. The molecule has 2 aromatic carbocycles. The minimum Gasteiger partial charge on any atom is -0.497 e. The van der Waals surface area contributed by atoms with Crippen LogP contribution in [0.5, 0.6) is 23.0 Å². The van der Waals surface area contributed by atoms with Gasteiger partial charge in [0.05, 0.1) is 39.6 Å². The Bertz CT molecular complexity index is 785. The number of rotatable bonds is 13. The lowest BCUT2D eigenvalue weighted by molar-refractivity contribution is 0.0520. The molecule has 0 bridgehead atoms. The van der Waals surface area contributed by atoms with Gasteiger partial charge in [-0.25, -0.2) is 9.59 Å². The van der Waals surface area contributed by atoms with Crippen molar-refractivity contribution in [2.24, 2.45) is 0 Å². The molecule has 0 saturated heterocycles. The van der Waals surface area contributed by atoms with Crippen LogP contribution in [-0.2, 0) is 9.47 Å². The molecule has 0 amide bonds. The van der Waals surface area contributed by atoms with Crippen molar-refractivity contribution in [3.05, 3.63) is 47.5 Å². The maximum absolute atomic E-state index is 12.2. The van der Waals surface area contributed by atoms with Gasteiger partial charge in [-0.3, -0.25) is 0 Å². The summed E-state index contributed by atoms with van der Waals surface area (Å²) in [5.41, 5.74) is 0.722. The van der Waals surface area contributed by atoms with E-state index in [1.54, 1.807) is 36.4 Å². The topological polar surface area (TPSA) is 89.5 Å². The summed E-state index contributed by atoms with van der Waals surface area (Å²) in [4.78, 5) is 24.4. The fraction of sp³-hybridized carbons (Fsp3) is 0.364. The molecule has 10 heteroatoms. The van der Waals surface area contributed by atoms with Crippen molar-refractivity contribution in [1.82, 2.24) is 0 Å². The second-order valence-corrected chi connectivity index (χ2v) is 8.82. The standard InChI is InChI=1S/C22H26O8S2/c1-25-17-9-15(10-18(13-17)26-2)21(23)29-5-7-31-32-8-6-30-22(24)16-11-19(27-3)14-20(12-16)28-4/h9-14H,5-8H2,1-4H3. The number of esters is 2. The van der Waals surface area contributed by atoms with E-state index in [1.165, 1.54) is 50.0 Å². The number of hydrogen-bond acceptors (Lipinski definition) is 10. The lowest BCUT2D eigenvalue weighted by Crippen LogP contribution is -2.09. The van der Waals surface area contributed by atoms with Crippen LogP contribution in [0.15, 0.2) is 36.4 Å². The molecular formula is C22H26O8S2. The summed E-state index contributed by atoms with van der Waals surface area (Å²) in [6, 6.07) is 9.75. The highest BCUT2D eigenvalue weighted by Crippen LogP contribution is 2.25. The van der Waals surface area contributed by atoms with Crippen LogP contribution >= 0.6 is 21.6 Å². The molecule has 0 atom stereocenters. The number of carbonyl (C=O) groups is 2. The molecule has 0 fully saturated rings. The van der Waals surface area contributed by atoms with E-state index in [-0.39, 0.29) is 13.2 Å². The number of methoxy groups -OCH3 is 4. The molecule has 0 saturated carbocycles. The Hall–Kier alpha value is -2.72. The van der Waals surface area contributed by atoms with E-state index in [0.717, 1.165) is 0 Å². The van der Waals surface area contributed by atoms with E-state index >= 15 is 0 Å². The van der Waals surface area contributed by atoms with E-state index in [1.807, 2.05) is 0 Å². The molecule has 32 heavy (non-hydrogen) atoms. The first-order valence-electron chi connectivity index (χ1n) is 9.55. The van der Waals surface area contributed by atoms with Crippen LogP contribution in [0.4, 0.5) is 0 Å². The Morgan fingerprint density at radius 2 is 0.906 bits per heavy atom. The number of hydrogen-bond donors (Lipinski definition) is 0. The fourth-order valence-corrected chi connectivity index (χ4v) is 4.13. The van der Waals surface area contributed by atoms with Gasteiger partial charge in [-0.05, 0) is 24.3 Å². The van der Waals surface area contributed by atoms with E-state index in [4.69, 9.17) is 28.4 Å². The molecule has 0 aliphatic heterocycles. The monoisotopic (exact) mass is 482 g/mol. The average molecular weight is 483 g/mol. The van der Waals surface area contributed by atoms with Crippen LogP contribution in [0.25, 0.3) is 0 Å². The lowest BCUT2D eigenvalue weighted by Gasteiger charge is -2.09. The molecule has 0 radical (unpaired) electrons. The molecule has 0 aliphatic rings. The number of carbonyl (C=O) groups excluding carboxylic acids is 2. The quantitative estimate of drug-likeness (QED) is 0.236. The van der Waals surface area contributed by atoms with Gasteiger partial charge >= 0.3 is 11.9 Å². The van der Waals surface area contributed by atoms with Crippen LogP contribution in [0, 0.1) is 0 Å². The van der Waals surface area contributed by atoms with Gasteiger partial charge in [-0.1, -0.05) is 21.6 Å². The summed E-state index contributed by atoms with van der Waals surface area (Å²) < 4.78 is 31.2. The highest BCUT2D eigenvalue weighted by Gasteiger charge is 2.12. The molecule has 0 spiro atoms. The highest BCUT2D eigenvalue weighted by molar-refractivity contribution is 8.76. The summed E-state index contributed by atoms with van der Waals surface area (Å²) >= 11 is 0. The predicted molar refractivity (Wildman–Crippen MR) is 125 cm³/mol. The highest BCUT2D eigenvalue weighted by atomic mass is 33.1. The third kappa shape index (κ3) is 8.08. The first kappa shape index (κ1) is 25.5. The van der Waals surface area contributed by atoms with Crippen LogP contribution in [0.1, 0.15) is 20.7 Å². The number of ether oxygens (including phenoxy) is 6. The maximum Gasteiger partial charge on any atom is 0.338 e. The van der Waals surface area contributed by atoms with E-state index < -0.39 is 11.9 Å². The molecule has 0 N–H and O–H groups in total. The normalized spacial score (nSPS) is 10.2. The summed E-state index contributed by atoms with van der Waals surface area (Å²) in [6.45, 7) is 0.499. The van der Waals surface area contributed by atoms with Gasteiger partial charge in [-0.15, -0.1) is 0 Å². The smallest absolute Gasteiger partial charge is 0.338 e. The van der Waals surface area contributed by atoms with Crippen molar-refractivity contribution >= 4 is 33.5 Å². The van der Waals surface area contributed by atoms with Gasteiger partial charge in [0.25, 0.3) is 0 Å². The molecular weight excluding hydrogens is 456 g/mol. The van der Waals surface area contributed by atoms with E-state index in [0.29, 0.717) is 45.6 Å². The fourth-order valence-electron chi connectivity index (χ4n) is 2.47. The molecule has 8 nitrogen and oxygen atoms in total. The Labute approximate surface area is 195 Å². The number of benzene rings is 2. The van der Waals surface area contributed by atoms with Crippen molar-refractivity contribution in [2.75, 3.05) is 53.2 Å². The molecule has 174 valence electrons. The third-order valence-electron chi connectivity index (χ3n) is 4.06. The first-order valence-corrected chi connectivity index (χ1v) is 12.0. The van der Waals surface area contributed by atoms with Gasteiger partial charge in [0.1, 0.15) is 36.2 Å². The molecule has 2 rings (SSSR count). The second kappa shape index (κ2) is 13.6. The van der Waals surface area contributed by atoms with E-state index in [9.17, 15) is 9.59 Å². The maximum atomic E-state index is 12.2. The summed E-state index contributed by atoms with van der Waals surface area (Å²) in [5.74, 6) is 2.36. The SMILES string of the molecule is COc1cc(OC)cc(C(=O)OCCSSCCOC(=O)c2cc(OC)cc(OC)c2)c1. The van der Waals surface area contributed by atoms with Crippen LogP contribution in [0.3, 0.4) is 0 Å². The Morgan fingerprint density at radius 3 is 1.19 bits per heavy atom.